The summed E-state index contributed by atoms with van der Waals surface area (Å²) < 4.78 is 16.9. The van der Waals surface area contributed by atoms with E-state index in [0.717, 1.165) is 31.7 Å². The average Bonchev–Trinajstić information content (AvgIpc) is 2.46. The Hall–Kier alpha value is -1.01. The van der Waals surface area contributed by atoms with Gasteiger partial charge in [-0.05, 0) is 37.7 Å². The van der Waals surface area contributed by atoms with Crippen LogP contribution in [0.15, 0.2) is 12.1 Å². The molecule has 21 heavy (non-hydrogen) atoms. The molecule has 0 spiro atoms. The van der Waals surface area contributed by atoms with Crippen molar-refractivity contribution in [2.75, 3.05) is 47.0 Å². The maximum atomic E-state index is 6.30. The number of benzene rings is 1. The van der Waals surface area contributed by atoms with E-state index in [-0.39, 0.29) is 6.10 Å². The highest BCUT2D eigenvalue weighted by Crippen LogP contribution is 2.36. The highest BCUT2D eigenvalue weighted by atomic mass is 35.5. The molecule has 2 N–H and O–H groups in total. The van der Waals surface area contributed by atoms with Gasteiger partial charge in [-0.1, -0.05) is 11.6 Å². The van der Waals surface area contributed by atoms with E-state index in [1.165, 1.54) is 0 Å². The Bertz CT molecular complexity index is 470. The van der Waals surface area contributed by atoms with Gasteiger partial charge in [0.05, 0.1) is 18.7 Å². The van der Waals surface area contributed by atoms with Crippen molar-refractivity contribution in [3.8, 4) is 11.5 Å². The topological polar surface area (TPSA) is 57.0 Å². The Labute approximate surface area is 130 Å². The highest BCUT2D eigenvalue weighted by Gasteiger charge is 2.20. The molecule has 118 valence electrons. The van der Waals surface area contributed by atoms with Gasteiger partial charge in [0.2, 0.25) is 0 Å². The molecule has 1 saturated heterocycles. The maximum absolute atomic E-state index is 6.30. The molecule has 1 aliphatic rings. The first kappa shape index (κ1) is 16.4. The Morgan fingerprint density at radius 2 is 2.29 bits per heavy atom. The predicted octanol–water partition coefficient (Wildman–Crippen LogP) is 1.56. The van der Waals surface area contributed by atoms with Crippen LogP contribution in [0.1, 0.15) is 5.56 Å². The summed E-state index contributed by atoms with van der Waals surface area (Å²) in [7, 11) is 3.68. The van der Waals surface area contributed by atoms with E-state index in [1.807, 2.05) is 12.1 Å². The zero-order valence-corrected chi connectivity index (χ0v) is 13.4. The van der Waals surface area contributed by atoms with Gasteiger partial charge in [-0.25, -0.2) is 0 Å². The third-order valence-corrected chi connectivity index (χ3v) is 3.76. The van der Waals surface area contributed by atoms with Gasteiger partial charge in [0.25, 0.3) is 0 Å². The number of methoxy groups -OCH3 is 1. The van der Waals surface area contributed by atoms with Crippen molar-refractivity contribution in [2.45, 2.75) is 12.5 Å². The first-order valence-corrected chi connectivity index (χ1v) is 7.51. The quantitative estimate of drug-likeness (QED) is 0.863. The molecule has 0 bridgehead atoms. The fourth-order valence-corrected chi connectivity index (χ4v) is 2.66. The monoisotopic (exact) mass is 314 g/mol. The molecule has 2 rings (SSSR count). The van der Waals surface area contributed by atoms with Gasteiger partial charge in [0.15, 0.2) is 11.5 Å². The lowest BCUT2D eigenvalue weighted by molar-refractivity contribution is -0.0406. The van der Waals surface area contributed by atoms with E-state index in [4.69, 9.17) is 31.5 Å². The number of morpholine rings is 1. The number of nitrogens with zero attached hydrogens (tertiary/aromatic N) is 1. The van der Waals surface area contributed by atoms with Crippen LogP contribution in [0.5, 0.6) is 11.5 Å². The Morgan fingerprint density at radius 3 is 2.95 bits per heavy atom. The smallest absolute Gasteiger partial charge is 0.179 e. The number of halogens is 1. The summed E-state index contributed by atoms with van der Waals surface area (Å²) in [5.41, 5.74) is 6.62. The summed E-state index contributed by atoms with van der Waals surface area (Å²) in [6.45, 7) is 3.56. The summed E-state index contributed by atoms with van der Waals surface area (Å²) in [5.74, 6) is 1.20. The molecule has 1 heterocycles. The number of ether oxygens (including phenoxy) is 3. The van der Waals surface area contributed by atoms with E-state index in [1.54, 1.807) is 7.11 Å². The minimum atomic E-state index is 0.0493. The van der Waals surface area contributed by atoms with Crippen LogP contribution in [0.2, 0.25) is 5.02 Å². The molecular weight excluding hydrogens is 292 g/mol. The van der Waals surface area contributed by atoms with Gasteiger partial charge >= 0.3 is 0 Å². The van der Waals surface area contributed by atoms with Crippen molar-refractivity contribution >= 4 is 11.6 Å². The van der Waals surface area contributed by atoms with E-state index in [0.29, 0.717) is 29.7 Å². The van der Waals surface area contributed by atoms with Crippen LogP contribution >= 0.6 is 11.6 Å². The zero-order valence-electron chi connectivity index (χ0n) is 12.6. The molecule has 5 nitrogen and oxygen atoms in total. The van der Waals surface area contributed by atoms with Crippen LogP contribution in [0.25, 0.3) is 0 Å². The van der Waals surface area contributed by atoms with Crippen molar-refractivity contribution in [3.05, 3.63) is 22.7 Å². The van der Waals surface area contributed by atoms with E-state index in [2.05, 4.69) is 11.9 Å². The molecule has 0 radical (unpaired) electrons. The maximum Gasteiger partial charge on any atom is 0.179 e. The summed E-state index contributed by atoms with van der Waals surface area (Å²) in [4.78, 5) is 2.22. The lowest BCUT2D eigenvalue weighted by atomic mass is 10.1. The standard InChI is InChI=1S/C15H23ClN2O3/c1-18-5-6-20-12(9-18)10-21-15-13(16)7-11(3-4-17)8-14(15)19-2/h7-8,12H,3-6,9-10,17H2,1-2H3. The summed E-state index contributed by atoms with van der Waals surface area (Å²) in [6.07, 6.45) is 0.806. The van der Waals surface area contributed by atoms with Crippen LogP contribution in [-0.4, -0.2) is 58.0 Å². The average molecular weight is 315 g/mol. The van der Waals surface area contributed by atoms with E-state index < -0.39 is 0 Å². The van der Waals surface area contributed by atoms with Crippen LogP contribution < -0.4 is 15.2 Å². The summed E-state index contributed by atoms with van der Waals surface area (Å²) >= 11 is 6.30. The second-order valence-electron chi connectivity index (χ2n) is 5.21. The molecule has 1 fully saturated rings. The first-order chi connectivity index (χ1) is 10.1. The fourth-order valence-electron chi connectivity index (χ4n) is 2.37. The number of nitrogens with two attached hydrogens (primary N) is 1. The molecular formula is C15H23ClN2O3. The summed E-state index contributed by atoms with van der Waals surface area (Å²) in [5, 5.41) is 0.543. The van der Waals surface area contributed by atoms with Gasteiger partial charge in [0, 0.05) is 13.1 Å². The lowest BCUT2D eigenvalue weighted by Crippen LogP contribution is -2.42. The van der Waals surface area contributed by atoms with Gasteiger partial charge in [-0.3, -0.25) is 0 Å². The van der Waals surface area contributed by atoms with Gasteiger partial charge in [0.1, 0.15) is 12.7 Å². The Balaban J connectivity index is 2.04. The van der Waals surface area contributed by atoms with Crippen LogP contribution in [0.3, 0.4) is 0 Å². The molecule has 0 amide bonds. The molecule has 1 aromatic rings. The van der Waals surface area contributed by atoms with Gasteiger partial charge in [-0.15, -0.1) is 0 Å². The number of hydrogen-bond acceptors (Lipinski definition) is 5. The molecule has 1 aromatic carbocycles. The van der Waals surface area contributed by atoms with Crippen molar-refractivity contribution in [1.82, 2.24) is 4.90 Å². The van der Waals surface area contributed by atoms with Crippen LogP contribution in [0.4, 0.5) is 0 Å². The van der Waals surface area contributed by atoms with Crippen molar-refractivity contribution in [3.63, 3.8) is 0 Å². The zero-order chi connectivity index (χ0) is 15.2. The molecule has 1 atom stereocenters. The number of rotatable bonds is 6. The molecule has 0 aromatic heterocycles. The predicted molar refractivity (Wildman–Crippen MR) is 83.5 cm³/mol. The SMILES string of the molecule is COc1cc(CCN)cc(Cl)c1OCC1CN(C)CCO1. The van der Waals surface area contributed by atoms with Crippen molar-refractivity contribution in [2.24, 2.45) is 5.73 Å². The van der Waals surface area contributed by atoms with Gasteiger partial charge in [-0.2, -0.15) is 0 Å². The first-order valence-electron chi connectivity index (χ1n) is 7.13. The number of likely N-dealkylation sites (N-methyl/N-ethyl adjacent to an activating group) is 1. The van der Waals surface area contributed by atoms with Crippen LogP contribution in [-0.2, 0) is 11.2 Å². The fraction of sp³-hybridized carbons (Fsp3) is 0.600. The van der Waals surface area contributed by atoms with Crippen molar-refractivity contribution < 1.29 is 14.2 Å². The largest absolute Gasteiger partial charge is 0.493 e. The minimum absolute atomic E-state index is 0.0493. The highest BCUT2D eigenvalue weighted by molar-refractivity contribution is 6.32. The molecule has 6 heteroatoms. The van der Waals surface area contributed by atoms with Crippen molar-refractivity contribution in [1.29, 1.82) is 0 Å². The van der Waals surface area contributed by atoms with Gasteiger partial charge < -0.3 is 24.8 Å². The molecule has 1 aliphatic heterocycles. The van der Waals surface area contributed by atoms with Crippen LogP contribution in [0, 0.1) is 0 Å². The molecule has 1 unspecified atom stereocenters. The molecule has 0 saturated carbocycles. The second-order valence-corrected chi connectivity index (χ2v) is 5.62. The number of hydrogen-bond donors (Lipinski definition) is 1. The Morgan fingerprint density at radius 1 is 1.48 bits per heavy atom. The lowest BCUT2D eigenvalue weighted by Gasteiger charge is -2.30. The minimum Gasteiger partial charge on any atom is -0.493 e. The molecule has 0 aliphatic carbocycles. The third kappa shape index (κ3) is 4.48. The normalized spacial score (nSPS) is 19.5. The Kier molecular flexibility index (Phi) is 6.11. The van der Waals surface area contributed by atoms with E-state index in [9.17, 15) is 0 Å². The van der Waals surface area contributed by atoms with E-state index >= 15 is 0 Å². The summed E-state index contributed by atoms with van der Waals surface area (Å²) in [6, 6.07) is 3.79. The third-order valence-electron chi connectivity index (χ3n) is 3.48. The second kappa shape index (κ2) is 7.84.